The Bertz CT molecular complexity index is 400. The zero-order valence-electron chi connectivity index (χ0n) is 12.2. The molecule has 1 saturated heterocycles. The first kappa shape index (κ1) is 13.6. The van der Waals surface area contributed by atoms with Crippen LogP contribution in [-0.2, 0) is 6.54 Å². The van der Waals surface area contributed by atoms with Gasteiger partial charge in [-0.25, -0.2) is 0 Å². The van der Waals surface area contributed by atoms with Crippen LogP contribution in [0.2, 0.25) is 0 Å². The summed E-state index contributed by atoms with van der Waals surface area (Å²) >= 11 is 0. The predicted octanol–water partition coefficient (Wildman–Crippen LogP) is 2.88. The molecule has 0 aromatic heterocycles. The first-order valence-electron chi connectivity index (χ1n) is 7.10. The minimum Gasteiger partial charge on any atom is -0.313 e. The summed E-state index contributed by atoms with van der Waals surface area (Å²) in [7, 11) is 0. The molecule has 0 saturated carbocycles. The Morgan fingerprint density at radius 1 is 1.22 bits per heavy atom. The highest BCUT2D eigenvalue weighted by atomic mass is 15.2. The minimum atomic E-state index is 0.599. The molecule has 18 heavy (non-hydrogen) atoms. The van der Waals surface area contributed by atoms with E-state index in [1.54, 1.807) is 0 Å². The zero-order valence-corrected chi connectivity index (χ0v) is 12.2. The Morgan fingerprint density at radius 3 is 2.72 bits per heavy atom. The monoisotopic (exact) mass is 246 g/mol. The summed E-state index contributed by atoms with van der Waals surface area (Å²) in [4.78, 5) is 2.61. The smallest absolute Gasteiger partial charge is 0.0237 e. The molecule has 1 aliphatic rings. The Labute approximate surface area is 111 Å². The van der Waals surface area contributed by atoms with Crippen molar-refractivity contribution in [3.8, 4) is 0 Å². The van der Waals surface area contributed by atoms with Gasteiger partial charge in [-0.05, 0) is 57.4 Å². The van der Waals surface area contributed by atoms with Crippen molar-refractivity contribution in [1.82, 2.24) is 10.2 Å². The second kappa shape index (κ2) is 5.85. The summed E-state index contributed by atoms with van der Waals surface area (Å²) in [6.07, 6.45) is 1.25. The fourth-order valence-electron chi connectivity index (χ4n) is 2.67. The molecule has 2 atom stereocenters. The lowest BCUT2D eigenvalue weighted by Gasteiger charge is -2.28. The fourth-order valence-corrected chi connectivity index (χ4v) is 2.67. The maximum atomic E-state index is 3.57. The van der Waals surface area contributed by atoms with Gasteiger partial charge in [0.15, 0.2) is 0 Å². The van der Waals surface area contributed by atoms with Crippen LogP contribution in [0.5, 0.6) is 0 Å². The molecule has 1 N–H and O–H groups in total. The van der Waals surface area contributed by atoms with Crippen LogP contribution in [0, 0.1) is 13.8 Å². The van der Waals surface area contributed by atoms with Gasteiger partial charge in [-0.1, -0.05) is 18.2 Å². The summed E-state index contributed by atoms with van der Waals surface area (Å²) in [6.45, 7) is 12.4. The van der Waals surface area contributed by atoms with Crippen molar-refractivity contribution >= 4 is 0 Å². The van der Waals surface area contributed by atoms with Crippen LogP contribution in [0.1, 0.15) is 37.0 Å². The number of hydrogen-bond acceptors (Lipinski definition) is 2. The van der Waals surface area contributed by atoms with Crippen molar-refractivity contribution < 1.29 is 0 Å². The quantitative estimate of drug-likeness (QED) is 0.863. The first-order valence-corrected chi connectivity index (χ1v) is 7.10. The fraction of sp³-hybridized carbons (Fsp3) is 0.625. The van der Waals surface area contributed by atoms with E-state index < -0.39 is 0 Å². The zero-order chi connectivity index (χ0) is 13.1. The summed E-state index contributed by atoms with van der Waals surface area (Å²) in [6, 6.07) is 8.13. The van der Waals surface area contributed by atoms with Gasteiger partial charge in [0.2, 0.25) is 0 Å². The minimum absolute atomic E-state index is 0.599. The van der Waals surface area contributed by atoms with Crippen molar-refractivity contribution in [2.45, 2.75) is 52.7 Å². The van der Waals surface area contributed by atoms with Crippen LogP contribution < -0.4 is 5.32 Å². The summed E-state index contributed by atoms with van der Waals surface area (Å²) in [5.74, 6) is 0. The highest BCUT2D eigenvalue weighted by molar-refractivity contribution is 5.29. The van der Waals surface area contributed by atoms with Crippen molar-refractivity contribution in [3.05, 3.63) is 34.9 Å². The van der Waals surface area contributed by atoms with E-state index in [1.165, 1.54) is 23.1 Å². The van der Waals surface area contributed by atoms with E-state index in [4.69, 9.17) is 0 Å². The molecule has 0 radical (unpaired) electrons. The highest BCUT2D eigenvalue weighted by Gasteiger charge is 2.20. The van der Waals surface area contributed by atoms with E-state index in [1.807, 2.05) is 0 Å². The van der Waals surface area contributed by atoms with Gasteiger partial charge in [-0.2, -0.15) is 0 Å². The third-order valence-corrected chi connectivity index (χ3v) is 4.14. The molecule has 2 unspecified atom stereocenters. The van der Waals surface area contributed by atoms with E-state index in [-0.39, 0.29) is 0 Å². The topological polar surface area (TPSA) is 15.3 Å². The van der Waals surface area contributed by atoms with E-state index in [0.29, 0.717) is 12.1 Å². The van der Waals surface area contributed by atoms with Crippen LogP contribution in [0.25, 0.3) is 0 Å². The van der Waals surface area contributed by atoms with Gasteiger partial charge in [-0.15, -0.1) is 0 Å². The van der Waals surface area contributed by atoms with Crippen molar-refractivity contribution in [1.29, 1.82) is 0 Å². The number of hydrogen-bond donors (Lipinski definition) is 1. The largest absolute Gasteiger partial charge is 0.313 e. The molecule has 1 aromatic carbocycles. The number of nitrogens with zero attached hydrogens (tertiary/aromatic N) is 1. The Morgan fingerprint density at radius 2 is 2.00 bits per heavy atom. The Balaban J connectivity index is 2.08. The van der Waals surface area contributed by atoms with Gasteiger partial charge in [0.25, 0.3) is 0 Å². The van der Waals surface area contributed by atoms with Gasteiger partial charge in [0.05, 0.1) is 0 Å². The van der Waals surface area contributed by atoms with Crippen molar-refractivity contribution in [3.63, 3.8) is 0 Å². The molecule has 1 fully saturated rings. The average Bonchev–Trinajstić information content (AvgIpc) is 2.47. The van der Waals surface area contributed by atoms with E-state index in [2.05, 4.69) is 56.1 Å². The average molecular weight is 246 g/mol. The van der Waals surface area contributed by atoms with Gasteiger partial charge in [0.1, 0.15) is 0 Å². The standard InChI is InChI=1S/C16H26N2/c1-12-5-6-16(9-13(12)2)11-18-10-14(3)17-8-7-15(18)4/h5-6,9,14-15,17H,7-8,10-11H2,1-4H3. The highest BCUT2D eigenvalue weighted by Crippen LogP contribution is 2.16. The SMILES string of the molecule is Cc1ccc(CN2CC(C)NCCC2C)cc1C. The number of rotatable bonds is 2. The molecule has 1 aromatic rings. The van der Waals surface area contributed by atoms with Gasteiger partial charge in [0, 0.05) is 25.2 Å². The molecule has 2 rings (SSSR count). The van der Waals surface area contributed by atoms with Crippen LogP contribution in [-0.4, -0.2) is 30.1 Å². The van der Waals surface area contributed by atoms with Gasteiger partial charge < -0.3 is 5.32 Å². The normalized spacial score (nSPS) is 26.0. The van der Waals surface area contributed by atoms with Gasteiger partial charge >= 0.3 is 0 Å². The predicted molar refractivity (Wildman–Crippen MR) is 77.9 cm³/mol. The van der Waals surface area contributed by atoms with Crippen molar-refractivity contribution in [2.24, 2.45) is 0 Å². The third kappa shape index (κ3) is 3.33. The second-order valence-electron chi connectivity index (χ2n) is 5.84. The number of nitrogens with one attached hydrogen (secondary N) is 1. The summed E-state index contributed by atoms with van der Waals surface area (Å²) < 4.78 is 0. The molecule has 100 valence electrons. The molecule has 1 heterocycles. The molecule has 0 amide bonds. The first-order chi connectivity index (χ1) is 8.56. The Hall–Kier alpha value is -0.860. The second-order valence-corrected chi connectivity index (χ2v) is 5.84. The van der Waals surface area contributed by atoms with Crippen molar-refractivity contribution in [2.75, 3.05) is 13.1 Å². The molecular formula is C16H26N2. The lowest BCUT2D eigenvalue weighted by molar-refractivity contribution is 0.199. The maximum absolute atomic E-state index is 3.57. The van der Waals surface area contributed by atoms with E-state index >= 15 is 0 Å². The van der Waals surface area contributed by atoms with E-state index in [0.717, 1.165) is 19.6 Å². The van der Waals surface area contributed by atoms with E-state index in [9.17, 15) is 0 Å². The summed E-state index contributed by atoms with van der Waals surface area (Å²) in [5.41, 5.74) is 4.23. The van der Waals surface area contributed by atoms with Gasteiger partial charge in [-0.3, -0.25) is 4.90 Å². The molecule has 0 bridgehead atoms. The molecule has 2 heteroatoms. The lowest BCUT2D eigenvalue weighted by Crippen LogP contribution is -2.38. The van der Waals surface area contributed by atoms with Crippen LogP contribution in [0.15, 0.2) is 18.2 Å². The van der Waals surface area contributed by atoms with Crippen LogP contribution in [0.3, 0.4) is 0 Å². The van der Waals surface area contributed by atoms with Crippen LogP contribution >= 0.6 is 0 Å². The number of benzene rings is 1. The number of aryl methyl sites for hydroxylation is 2. The third-order valence-electron chi connectivity index (χ3n) is 4.14. The molecule has 0 aliphatic carbocycles. The summed E-state index contributed by atoms with van der Waals surface area (Å²) in [5, 5.41) is 3.57. The molecular weight excluding hydrogens is 220 g/mol. The molecule has 1 aliphatic heterocycles. The Kier molecular flexibility index (Phi) is 4.41. The lowest BCUT2D eigenvalue weighted by atomic mass is 10.1. The maximum Gasteiger partial charge on any atom is 0.0237 e. The molecule has 2 nitrogen and oxygen atoms in total. The molecule has 0 spiro atoms. The van der Waals surface area contributed by atoms with Crippen LogP contribution in [0.4, 0.5) is 0 Å².